The van der Waals surface area contributed by atoms with E-state index >= 15 is 0 Å². The van der Waals surface area contributed by atoms with Gasteiger partial charge >= 0.3 is 0 Å². The van der Waals surface area contributed by atoms with Crippen LogP contribution in [0.5, 0.6) is 0 Å². The third-order valence-electron chi connectivity index (χ3n) is 2.50. The largest absolute Gasteiger partial charge is 0.384 e. The van der Waals surface area contributed by atoms with Gasteiger partial charge in [0.25, 0.3) is 0 Å². The van der Waals surface area contributed by atoms with Crippen LogP contribution in [0.15, 0.2) is 24.3 Å². The molecule has 1 nitrogen and oxygen atoms in total. The Morgan fingerprint density at radius 3 is 2.27 bits per heavy atom. The van der Waals surface area contributed by atoms with Crippen LogP contribution >= 0.6 is 0 Å². The first kappa shape index (κ1) is 10.1. The van der Waals surface area contributed by atoms with Crippen molar-refractivity contribution in [2.45, 2.75) is 13.8 Å². The zero-order valence-electron chi connectivity index (χ0n) is 8.77. The standard InChI is InChI=1S/C12H13F2N/c1-12(2)6-10(15-7-12)11-8(13)4-3-5-9(11)14/h3-6,15H,7H2,1-2H3. The van der Waals surface area contributed by atoms with E-state index in [1.165, 1.54) is 18.2 Å². The first-order valence-electron chi connectivity index (χ1n) is 4.91. The minimum atomic E-state index is -0.522. The van der Waals surface area contributed by atoms with Crippen LogP contribution in [-0.4, -0.2) is 6.54 Å². The van der Waals surface area contributed by atoms with Gasteiger partial charge in [-0.3, -0.25) is 0 Å². The van der Waals surface area contributed by atoms with Gasteiger partial charge in [0.05, 0.1) is 5.56 Å². The highest BCUT2D eigenvalue weighted by atomic mass is 19.1. The summed E-state index contributed by atoms with van der Waals surface area (Å²) in [6.07, 6.45) is 1.87. The zero-order valence-corrected chi connectivity index (χ0v) is 8.77. The molecule has 1 aliphatic heterocycles. The van der Waals surface area contributed by atoms with E-state index in [-0.39, 0.29) is 11.0 Å². The number of rotatable bonds is 1. The maximum Gasteiger partial charge on any atom is 0.135 e. The van der Waals surface area contributed by atoms with Crippen LogP contribution in [-0.2, 0) is 0 Å². The van der Waals surface area contributed by atoms with Crippen molar-refractivity contribution in [3.8, 4) is 0 Å². The molecular weight excluding hydrogens is 196 g/mol. The third kappa shape index (κ3) is 1.87. The van der Waals surface area contributed by atoms with Crippen molar-refractivity contribution in [1.82, 2.24) is 5.32 Å². The molecule has 0 aliphatic carbocycles. The highest BCUT2D eigenvalue weighted by Gasteiger charge is 2.25. The van der Waals surface area contributed by atoms with Gasteiger partial charge in [-0.15, -0.1) is 0 Å². The molecule has 0 saturated carbocycles. The summed E-state index contributed by atoms with van der Waals surface area (Å²) in [4.78, 5) is 0. The molecule has 15 heavy (non-hydrogen) atoms. The highest BCUT2D eigenvalue weighted by molar-refractivity contribution is 5.67. The Morgan fingerprint density at radius 2 is 1.80 bits per heavy atom. The number of hydrogen-bond acceptors (Lipinski definition) is 1. The van der Waals surface area contributed by atoms with E-state index in [2.05, 4.69) is 5.32 Å². The predicted molar refractivity (Wildman–Crippen MR) is 56.1 cm³/mol. The second kappa shape index (κ2) is 3.33. The van der Waals surface area contributed by atoms with E-state index in [0.717, 1.165) is 0 Å². The van der Waals surface area contributed by atoms with Crippen molar-refractivity contribution in [2.75, 3.05) is 6.54 Å². The molecule has 0 spiro atoms. The molecule has 1 aromatic rings. The van der Waals surface area contributed by atoms with E-state index in [0.29, 0.717) is 12.2 Å². The van der Waals surface area contributed by atoms with Gasteiger partial charge in [-0.05, 0) is 12.1 Å². The monoisotopic (exact) mass is 209 g/mol. The number of nitrogens with one attached hydrogen (secondary N) is 1. The Balaban J connectivity index is 2.48. The Hall–Kier alpha value is -1.38. The summed E-state index contributed by atoms with van der Waals surface area (Å²) < 4.78 is 26.9. The van der Waals surface area contributed by atoms with Gasteiger partial charge in [-0.25, -0.2) is 8.78 Å². The molecule has 0 unspecified atom stereocenters. The molecule has 1 N–H and O–H groups in total. The smallest absolute Gasteiger partial charge is 0.135 e. The van der Waals surface area contributed by atoms with Crippen molar-refractivity contribution in [2.24, 2.45) is 5.41 Å². The SMILES string of the molecule is CC1(C)C=C(c2c(F)cccc2F)NC1. The molecule has 0 amide bonds. The number of benzene rings is 1. The summed E-state index contributed by atoms with van der Waals surface area (Å²) in [6, 6.07) is 3.91. The van der Waals surface area contributed by atoms with E-state index in [9.17, 15) is 8.78 Å². The van der Waals surface area contributed by atoms with Gasteiger partial charge < -0.3 is 5.32 Å². The highest BCUT2D eigenvalue weighted by Crippen LogP contribution is 2.30. The second-order valence-corrected chi connectivity index (χ2v) is 4.50. The Morgan fingerprint density at radius 1 is 1.20 bits per heavy atom. The fraction of sp³-hybridized carbons (Fsp3) is 0.333. The average Bonchev–Trinajstić information content (AvgIpc) is 2.46. The summed E-state index contributed by atoms with van der Waals surface area (Å²) in [5.41, 5.74) is 0.544. The van der Waals surface area contributed by atoms with Crippen LogP contribution in [0.4, 0.5) is 8.78 Å². The fourth-order valence-corrected chi connectivity index (χ4v) is 1.73. The summed E-state index contributed by atoms with van der Waals surface area (Å²) in [5.74, 6) is -1.04. The van der Waals surface area contributed by atoms with Crippen molar-refractivity contribution < 1.29 is 8.78 Å². The maximum absolute atomic E-state index is 13.4. The lowest BCUT2D eigenvalue weighted by Gasteiger charge is -2.11. The van der Waals surface area contributed by atoms with E-state index < -0.39 is 11.6 Å². The molecule has 0 fully saturated rings. The molecule has 1 heterocycles. The predicted octanol–water partition coefficient (Wildman–Crippen LogP) is 2.94. The van der Waals surface area contributed by atoms with Crippen LogP contribution in [0, 0.1) is 17.0 Å². The van der Waals surface area contributed by atoms with E-state index in [1.807, 2.05) is 19.9 Å². The zero-order chi connectivity index (χ0) is 11.1. The lowest BCUT2D eigenvalue weighted by atomic mass is 9.95. The molecule has 0 radical (unpaired) electrons. The van der Waals surface area contributed by atoms with Crippen LogP contribution in [0.1, 0.15) is 19.4 Å². The average molecular weight is 209 g/mol. The third-order valence-corrected chi connectivity index (χ3v) is 2.50. The molecule has 0 saturated heterocycles. The van der Waals surface area contributed by atoms with Gasteiger partial charge in [0.2, 0.25) is 0 Å². The summed E-state index contributed by atoms with van der Waals surface area (Å²) in [6.45, 7) is 4.74. The van der Waals surface area contributed by atoms with Gasteiger partial charge in [0, 0.05) is 17.7 Å². The molecule has 3 heteroatoms. The molecule has 0 atom stereocenters. The quantitative estimate of drug-likeness (QED) is 0.749. The van der Waals surface area contributed by atoms with Crippen LogP contribution < -0.4 is 5.32 Å². The molecule has 80 valence electrons. The summed E-state index contributed by atoms with van der Waals surface area (Å²) >= 11 is 0. The van der Waals surface area contributed by atoms with E-state index in [1.54, 1.807) is 0 Å². The van der Waals surface area contributed by atoms with Crippen LogP contribution in [0.2, 0.25) is 0 Å². The molecular formula is C12H13F2N. The minimum absolute atomic E-state index is 0.0445. The van der Waals surface area contributed by atoms with Crippen LogP contribution in [0.3, 0.4) is 0 Å². The summed E-state index contributed by atoms with van der Waals surface area (Å²) in [5, 5.41) is 3.03. The Bertz CT molecular complexity index is 401. The van der Waals surface area contributed by atoms with Crippen molar-refractivity contribution in [3.05, 3.63) is 41.5 Å². The van der Waals surface area contributed by atoms with Crippen molar-refractivity contribution in [1.29, 1.82) is 0 Å². The maximum atomic E-state index is 13.4. The van der Waals surface area contributed by atoms with Crippen molar-refractivity contribution >= 4 is 5.70 Å². The minimum Gasteiger partial charge on any atom is -0.384 e. The van der Waals surface area contributed by atoms with Gasteiger partial charge in [-0.1, -0.05) is 26.0 Å². The van der Waals surface area contributed by atoms with Crippen LogP contribution in [0.25, 0.3) is 5.70 Å². The molecule has 0 aromatic heterocycles. The lowest BCUT2D eigenvalue weighted by Crippen LogP contribution is -2.18. The topological polar surface area (TPSA) is 12.0 Å². The molecule has 1 aliphatic rings. The fourth-order valence-electron chi connectivity index (χ4n) is 1.73. The molecule has 2 rings (SSSR count). The van der Waals surface area contributed by atoms with E-state index in [4.69, 9.17) is 0 Å². The van der Waals surface area contributed by atoms with Gasteiger partial charge in [0.15, 0.2) is 0 Å². The van der Waals surface area contributed by atoms with Crippen molar-refractivity contribution in [3.63, 3.8) is 0 Å². The first-order chi connectivity index (χ1) is 6.99. The van der Waals surface area contributed by atoms with Gasteiger partial charge in [0.1, 0.15) is 11.6 Å². The second-order valence-electron chi connectivity index (χ2n) is 4.50. The first-order valence-corrected chi connectivity index (χ1v) is 4.91. The Labute approximate surface area is 87.8 Å². The normalized spacial score (nSPS) is 18.5. The number of hydrogen-bond donors (Lipinski definition) is 1. The Kier molecular flexibility index (Phi) is 2.25. The van der Waals surface area contributed by atoms with Gasteiger partial charge in [-0.2, -0.15) is 0 Å². The summed E-state index contributed by atoms with van der Waals surface area (Å²) in [7, 11) is 0. The molecule has 0 bridgehead atoms. The number of halogens is 2. The lowest BCUT2D eigenvalue weighted by molar-refractivity contribution is 0.497. The molecule has 1 aromatic carbocycles.